The van der Waals surface area contributed by atoms with Gasteiger partial charge in [-0.2, -0.15) is 0 Å². The van der Waals surface area contributed by atoms with E-state index in [-0.39, 0.29) is 30.1 Å². The van der Waals surface area contributed by atoms with Gasteiger partial charge >= 0.3 is 0 Å². The van der Waals surface area contributed by atoms with E-state index in [1.54, 1.807) is 27.0 Å². The first-order valence-electron chi connectivity index (χ1n) is 16.6. The highest BCUT2D eigenvalue weighted by Crippen LogP contribution is 2.64. The van der Waals surface area contributed by atoms with Crippen molar-refractivity contribution < 1.29 is 34.1 Å². The van der Waals surface area contributed by atoms with E-state index in [2.05, 4.69) is 26.0 Å². The number of rotatable bonds is 8. The number of carbonyl (C=O) groups excluding carboxylic acids is 4. The van der Waals surface area contributed by atoms with E-state index in [1.165, 1.54) is 13.0 Å². The van der Waals surface area contributed by atoms with E-state index in [1.807, 2.05) is 26.8 Å². The van der Waals surface area contributed by atoms with Crippen LogP contribution in [-0.4, -0.2) is 46.1 Å². The second-order valence-electron chi connectivity index (χ2n) is 14.8. The van der Waals surface area contributed by atoms with Crippen LogP contribution < -0.4 is 4.74 Å². The molecule has 5 rings (SSSR count). The minimum Gasteiger partial charge on any atom is -0.507 e. The molecule has 0 spiro atoms. The molecule has 5 atom stereocenters. The van der Waals surface area contributed by atoms with Crippen LogP contribution in [-0.2, 0) is 27.2 Å². The number of ketones is 4. The summed E-state index contributed by atoms with van der Waals surface area (Å²) in [5, 5.41) is 23.5. The van der Waals surface area contributed by atoms with Gasteiger partial charge in [-0.15, -0.1) is 0 Å². The lowest BCUT2D eigenvalue weighted by molar-refractivity contribution is -0.183. The quantitative estimate of drug-likeness (QED) is 0.242. The Morgan fingerprint density at radius 3 is 2.24 bits per heavy atom. The molecular weight excluding hydrogens is 580 g/mol. The normalized spacial score (nSPS) is 29.2. The molecule has 2 N–H and O–H groups in total. The van der Waals surface area contributed by atoms with E-state index in [0.717, 1.165) is 36.0 Å². The minimum absolute atomic E-state index is 0.0372. The van der Waals surface area contributed by atoms with Crippen molar-refractivity contribution in [2.75, 3.05) is 7.11 Å². The molecule has 0 saturated heterocycles. The molecule has 2 aromatic rings. The number of methoxy groups -OCH3 is 1. The Morgan fingerprint density at radius 1 is 1.02 bits per heavy atom. The Labute approximate surface area is 272 Å². The molecule has 1 fully saturated rings. The minimum atomic E-state index is -2.56. The summed E-state index contributed by atoms with van der Waals surface area (Å²) in [6.45, 7) is 14.9. The second kappa shape index (κ2) is 11.6. The largest absolute Gasteiger partial charge is 0.507 e. The van der Waals surface area contributed by atoms with Gasteiger partial charge in [0.05, 0.1) is 18.6 Å². The zero-order chi connectivity index (χ0) is 34.1. The van der Waals surface area contributed by atoms with Gasteiger partial charge < -0.3 is 14.9 Å². The number of carbonyl (C=O) groups is 4. The van der Waals surface area contributed by atoms with E-state index in [4.69, 9.17) is 4.74 Å². The average molecular weight is 629 g/mol. The molecule has 0 heterocycles. The molecular formula is C39H48O7. The molecule has 2 aromatic carbocycles. The van der Waals surface area contributed by atoms with Crippen molar-refractivity contribution in [3.63, 3.8) is 0 Å². The number of aliphatic hydroxyl groups is 1. The molecule has 0 aliphatic heterocycles. The van der Waals surface area contributed by atoms with Crippen molar-refractivity contribution in [3.05, 3.63) is 58.2 Å². The van der Waals surface area contributed by atoms with Crippen LogP contribution in [0.25, 0.3) is 11.1 Å². The van der Waals surface area contributed by atoms with Crippen LogP contribution in [0.5, 0.6) is 11.5 Å². The fourth-order valence-electron chi connectivity index (χ4n) is 9.59. The predicted octanol–water partition coefficient (Wildman–Crippen LogP) is 6.88. The zero-order valence-corrected chi connectivity index (χ0v) is 28.7. The summed E-state index contributed by atoms with van der Waals surface area (Å²) in [6, 6.07) is 9.37. The summed E-state index contributed by atoms with van der Waals surface area (Å²) in [4.78, 5) is 56.0. The molecule has 3 aliphatic carbocycles. The molecule has 2 unspecified atom stereocenters. The summed E-state index contributed by atoms with van der Waals surface area (Å²) in [5.74, 6) is -4.68. The number of aromatic hydroxyl groups is 1. The molecule has 7 heteroatoms. The molecule has 0 radical (unpaired) electrons. The van der Waals surface area contributed by atoms with Crippen molar-refractivity contribution >= 4 is 23.1 Å². The highest BCUT2D eigenvalue weighted by Gasteiger charge is 2.73. The number of hydrogen-bond acceptors (Lipinski definition) is 7. The third kappa shape index (κ3) is 4.63. The van der Waals surface area contributed by atoms with Gasteiger partial charge in [-0.3, -0.25) is 19.2 Å². The summed E-state index contributed by atoms with van der Waals surface area (Å²) in [5.41, 5.74) is -0.234. The molecule has 7 nitrogen and oxygen atoms in total. The Morgan fingerprint density at radius 2 is 1.67 bits per heavy atom. The summed E-state index contributed by atoms with van der Waals surface area (Å²) >= 11 is 0. The monoisotopic (exact) mass is 628 g/mol. The highest BCUT2D eigenvalue weighted by molar-refractivity contribution is 6.27. The molecule has 1 saturated carbocycles. The number of allylic oxidation sites excluding steroid dienone is 1. The lowest BCUT2D eigenvalue weighted by Gasteiger charge is -2.60. The SMILES string of the molecule is CCC(CC)Cc1ccc(OC)c(-c2ccc(O)c3c2C[C@@]2(C)C[C@@]4(C)C(C(C)C)=C(C)C(C(C)=O)C(=O)[C@@]4(O)C(=O)C2C3=O)c1. The van der Waals surface area contributed by atoms with Crippen LogP contribution in [0, 0.1) is 34.5 Å². The fraction of sp³-hybridized carbons (Fsp3) is 0.538. The van der Waals surface area contributed by atoms with E-state index < -0.39 is 51.4 Å². The van der Waals surface area contributed by atoms with Gasteiger partial charge in [-0.25, -0.2) is 0 Å². The average Bonchev–Trinajstić information content (AvgIpc) is 2.97. The van der Waals surface area contributed by atoms with Crippen molar-refractivity contribution in [2.45, 2.75) is 93.1 Å². The standard InChI is InChI=1S/C39H48O7/c1-10-23(11-2)16-24-12-15-29(46-9)26(17-24)25-13-14-28(41)31-27(25)18-37(7)19-38(8)32(20(3)4)21(5)30(22(6)40)35(43)39(38,45)36(44)33(37)34(31)42/h12-15,17,20,23,30,33,41,45H,10-11,16,18-19H2,1-9H3/t30?,33?,37-,38-,39+/m0/s1. The first-order chi connectivity index (χ1) is 21.5. The third-order valence-electron chi connectivity index (χ3n) is 11.5. The van der Waals surface area contributed by atoms with Crippen LogP contribution in [0.3, 0.4) is 0 Å². The second-order valence-corrected chi connectivity index (χ2v) is 14.8. The molecule has 0 aromatic heterocycles. The van der Waals surface area contributed by atoms with Crippen molar-refractivity contribution in [2.24, 2.45) is 34.5 Å². The Hall–Kier alpha value is -3.58. The first-order valence-corrected chi connectivity index (χ1v) is 16.6. The van der Waals surface area contributed by atoms with Gasteiger partial charge in [0.2, 0.25) is 0 Å². The smallest absolute Gasteiger partial charge is 0.192 e. The van der Waals surface area contributed by atoms with Crippen molar-refractivity contribution in [1.29, 1.82) is 0 Å². The van der Waals surface area contributed by atoms with Gasteiger partial charge in [0.1, 0.15) is 23.2 Å². The number of Topliss-reactive ketones (excluding diaryl/α,β-unsaturated/α-hetero) is 4. The summed E-state index contributed by atoms with van der Waals surface area (Å²) in [7, 11) is 1.60. The van der Waals surface area contributed by atoms with E-state index >= 15 is 0 Å². The van der Waals surface area contributed by atoms with Crippen LogP contribution in [0.1, 0.15) is 96.1 Å². The molecule has 46 heavy (non-hydrogen) atoms. The van der Waals surface area contributed by atoms with Gasteiger partial charge in [0.25, 0.3) is 0 Å². The van der Waals surface area contributed by atoms with E-state index in [9.17, 15) is 29.4 Å². The zero-order valence-electron chi connectivity index (χ0n) is 28.7. The number of phenolic OH excluding ortho intramolecular Hbond substituents is 1. The first kappa shape index (κ1) is 33.8. The molecule has 0 bridgehead atoms. The maximum absolute atomic E-state index is 14.6. The van der Waals surface area contributed by atoms with Crippen molar-refractivity contribution in [3.8, 4) is 22.6 Å². The van der Waals surface area contributed by atoms with Crippen LogP contribution in [0.15, 0.2) is 41.5 Å². The predicted molar refractivity (Wildman–Crippen MR) is 177 cm³/mol. The maximum atomic E-state index is 14.6. The number of phenols is 1. The van der Waals surface area contributed by atoms with Gasteiger partial charge in [0, 0.05) is 11.0 Å². The molecule has 3 aliphatic rings. The Balaban J connectivity index is 1.73. The Bertz CT molecular complexity index is 1680. The third-order valence-corrected chi connectivity index (χ3v) is 11.5. The van der Waals surface area contributed by atoms with Gasteiger partial charge in [-0.05, 0) is 85.3 Å². The van der Waals surface area contributed by atoms with Crippen LogP contribution >= 0.6 is 0 Å². The summed E-state index contributed by atoms with van der Waals surface area (Å²) in [6.07, 6.45) is 3.44. The van der Waals surface area contributed by atoms with Gasteiger partial charge in [-0.1, -0.05) is 77.7 Å². The fourth-order valence-corrected chi connectivity index (χ4v) is 9.59. The number of ether oxygens (including phenoxy) is 1. The Kier molecular flexibility index (Phi) is 8.51. The topological polar surface area (TPSA) is 118 Å². The number of hydrogen-bond donors (Lipinski definition) is 2. The highest BCUT2D eigenvalue weighted by atomic mass is 16.5. The van der Waals surface area contributed by atoms with Gasteiger partial charge in [0.15, 0.2) is 23.0 Å². The molecule has 246 valence electrons. The lowest BCUT2D eigenvalue weighted by Crippen LogP contribution is -2.73. The van der Waals surface area contributed by atoms with Crippen molar-refractivity contribution in [1.82, 2.24) is 0 Å². The lowest BCUT2D eigenvalue weighted by atomic mass is 9.41. The van der Waals surface area contributed by atoms with E-state index in [0.29, 0.717) is 28.4 Å². The van der Waals surface area contributed by atoms with Crippen LogP contribution in [0.2, 0.25) is 0 Å². The maximum Gasteiger partial charge on any atom is 0.192 e. The number of fused-ring (bicyclic) bond motifs is 3. The molecule has 0 amide bonds. The number of benzene rings is 2. The summed E-state index contributed by atoms with van der Waals surface area (Å²) < 4.78 is 5.80. The van der Waals surface area contributed by atoms with Crippen LogP contribution in [0.4, 0.5) is 0 Å².